The van der Waals surface area contributed by atoms with Crippen molar-refractivity contribution in [3.63, 3.8) is 0 Å². The second kappa shape index (κ2) is 23.1. The number of carbonyl (C=O) groups is 5. The van der Waals surface area contributed by atoms with Crippen LogP contribution in [0.4, 0.5) is 4.39 Å². The van der Waals surface area contributed by atoms with E-state index in [1.807, 2.05) is 12.1 Å². The molecule has 0 aliphatic carbocycles. The highest BCUT2D eigenvalue weighted by Gasteiger charge is 2.58. The van der Waals surface area contributed by atoms with E-state index in [-0.39, 0.29) is 66.2 Å². The van der Waals surface area contributed by atoms with Crippen LogP contribution in [0.1, 0.15) is 79.6 Å². The van der Waals surface area contributed by atoms with Crippen LogP contribution < -0.4 is 29.6 Å². The van der Waals surface area contributed by atoms with Crippen molar-refractivity contribution in [2.45, 2.75) is 90.2 Å². The van der Waals surface area contributed by atoms with Crippen LogP contribution in [0.5, 0.6) is 23.0 Å². The first-order valence-corrected chi connectivity index (χ1v) is 26.0. The van der Waals surface area contributed by atoms with Gasteiger partial charge in [0.2, 0.25) is 5.60 Å². The summed E-state index contributed by atoms with van der Waals surface area (Å²) >= 11 is 1.22. The van der Waals surface area contributed by atoms with Gasteiger partial charge in [-0.1, -0.05) is 29.4 Å². The lowest BCUT2D eigenvalue weighted by molar-refractivity contribution is -0.911. The number of halogens is 1. The number of thiazole rings is 1. The second-order valence-corrected chi connectivity index (χ2v) is 22.0. The van der Waals surface area contributed by atoms with Crippen LogP contribution in [-0.2, 0) is 57.4 Å². The number of methoxy groups -OCH3 is 2. The molecule has 3 amide bonds. The average Bonchev–Trinajstić information content (AvgIpc) is 4.02. The number of likely N-dealkylation sites (tertiary alicyclic amines) is 1. The van der Waals surface area contributed by atoms with Crippen LogP contribution in [-0.4, -0.2) is 137 Å². The van der Waals surface area contributed by atoms with E-state index in [1.54, 1.807) is 83.7 Å². The zero-order valence-corrected chi connectivity index (χ0v) is 44.1. The minimum absolute atomic E-state index is 0.0419. The summed E-state index contributed by atoms with van der Waals surface area (Å²) in [7, 11) is 6.68. The fourth-order valence-corrected chi connectivity index (χ4v) is 10.9. The lowest BCUT2D eigenvalue weighted by Crippen LogP contribution is -2.74. The highest BCUT2D eigenvalue weighted by atomic mass is 32.2. The molecule has 4 aromatic rings. The van der Waals surface area contributed by atoms with E-state index in [0.29, 0.717) is 51.8 Å². The predicted octanol–water partition coefficient (Wildman–Crippen LogP) is 4.94. The molecule has 392 valence electrons. The van der Waals surface area contributed by atoms with Gasteiger partial charge in [0, 0.05) is 23.8 Å². The molecule has 0 spiro atoms. The van der Waals surface area contributed by atoms with Crippen molar-refractivity contribution in [1.82, 2.24) is 20.5 Å². The Hall–Kier alpha value is -6.85. The number of esters is 1. The molecule has 0 bridgehead atoms. The number of nitrogens with one attached hydrogen (secondary N) is 2. The Bertz CT molecular complexity index is 2850. The molecule has 3 aromatic carbocycles. The number of ether oxygens (including phenoxy) is 5. The van der Waals surface area contributed by atoms with E-state index in [9.17, 15) is 28.2 Å². The molecular formula is C51H59BFN6O13S2+. The number of nitrogens with zero attached hydrogens (tertiary/aromatic N) is 4. The Morgan fingerprint density at radius 2 is 1.55 bits per heavy atom. The maximum Gasteiger partial charge on any atom is 0.378 e. The number of carbonyl (C=O) groups excluding carboxylic acids is 5. The van der Waals surface area contributed by atoms with E-state index < -0.39 is 68.9 Å². The molecule has 4 heterocycles. The quantitative estimate of drug-likeness (QED) is 0.0282. The number of rotatable bonds is 21. The highest BCUT2D eigenvalue weighted by molar-refractivity contribution is 7.86. The monoisotopic (exact) mass is 1060 g/mol. The van der Waals surface area contributed by atoms with Gasteiger partial charge in [-0.3, -0.25) is 23.5 Å². The Morgan fingerprint density at radius 1 is 0.932 bits per heavy atom. The van der Waals surface area contributed by atoms with Gasteiger partial charge in [0.1, 0.15) is 59.7 Å². The van der Waals surface area contributed by atoms with Gasteiger partial charge in [0.05, 0.1) is 67.5 Å². The van der Waals surface area contributed by atoms with Gasteiger partial charge in [0.25, 0.3) is 17.7 Å². The maximum atomic E-state index is 16.5. The van der Waals surface area contributed by atoms with E-state index in [0.717, 1.165) is 23.3 Å². The number of β-lactam (4-membered cyclic amide) rings is 1. The first-order chi connectivity index (χ1) is 35.2. The van der Waals surface area contributed by atoms with Crippen molar-refractivity contribution < 1.29 is 70.2 Å². The summed E-state index contributed by atoms with van der Waals surface area (Å²) in [4.78, 5) is 79.1. The van der Waals surface area contributed by atoms with E-state index in [2.05, 4.69) is 25.4 Å². The summed E-state index contributed by atoms with van der Waals surface area (Å²) in [6.07, 6.45) is 1.59. The predicted molar refractivity (Wildman–Crippen MR) is 271 cm³/mol. The molecule has 3 aliphatic heterocycles. The van der Waals surface area contributed by atoms with E-state index >= 15 is 4.39 Å². The van der Waals surface area contributed by atoms with E-state index in [4.69, 9.17) is 36.6 Å². The average molecular weight is 1060 g/mol. The number of hydrogen-bond acceptors (Lipinski definition) is 16. The molecule has 23 heteroatoms. The fourth-order valence-electron chi connectivity index (χ4n) is 8.60. The van der Waals surface area contributed by atoms with Gasteiger partial charge in [0.15, 0.2) is 23.0 Å². The minimum Gasteiger partial charge on any atom is -0.539 e. The summed E-state index contributed by atoms with van der Waals surface area (Å²) in [6.45, 7) is 11.4. The van der Waals surface area contributed by atoms with E-state index in [1.165, 1.54) is 37.3 Å². The summed E-state index contributed by atoms with van der Waals surface area (Å²) in [5.74, 6) is -4.14. The number of amides is 3. The van der Waals surface area contributed by atoms with Crippen molar-refractivity contribution in [2.24, 2.45) is 5.16 Å². The number of aromatic nitrogens is 1. The van der Waals surface area contributed by atoms with Crippen LogP contribution in [0.25, 0.3) is 0 Å². The van der Waals surface area contributed by atoms with Gasteiger partial charge >= 0.3 is 20.0 Å². The van der Waals surface area contributed by atoms with Crippen LogP contribution in [0.15, 0.2) is 82.5 Å². The smallest absolute Gasteiger partial charge is 0.378 e. The van der Waals surface area contributed by atoms with Gasteiger partial charge < -0.3 is 48.3 Å². The Morgan fingerprint density at radius 3 is 2.12 bits per heavy atom. The third-order valence-electron chi connectivity index (χ3n) is 12.4. The molecule has 74 heavy (non-hydrogen) atoms. The number of hydrogen-bond donors (Lipinski definition) is 2. The van der Waals surface area contributed by atoms with Gasteiger partial charge in [-0.15, -0.1) is 11.3 Å². The minimum atomic E-state index is -1.86. The third-order valence-corrected chi connectivity index (χ3v) is 14.9. The Kier molecular flexibility index (Phi) is 17.2. The molecule has 3 aliphatic rings. The number of fused-ring (bicyclic) bond motifs is 1. The third kappa shape index (κ3) is 12.7. The van der Waals surface area contributed by atoms with Crippen molar-refractivity contribution in [3.05, 3.63) is 111 Å². The van der Waals surface area contributed by atoms with Gasteiger partial charge in [-0.05, 0) is 89.1 Å². The van der Waals surface area contributed by atoms with Crippen LogP contribution in [0.2, 0.25) is 0 Å². The Labute approximate surface area is 436 Å². The maximum absolute atomic E-state index is 16.5. The summed E-state index contributed by atoms with van der Waals surface area (Å²) in [5, 5.41) is 10.4. The number of quaternary nitrogens is 1. The molecule has 1 unspecified atom stereocenters. The van der Waals surface area contributed by atoms with Crippen LogP contribution >= 0.6 is 11.3 Å². The summed E-state index contributed by atoms with van der Waals surface area (Å²) in [6, 6.07) is 15.7. The molecule has 2 N–H and O–H groups in total. The first kappa shape index (κ1) is 54.9. The molecule has 0 saturated carbocycles. The molecule has 7 rings (SSSR count). The van der Waals surface area contributed by atoms with Crippen molar-refractivity contribution in [1.29, 1.82) is 0 Å². The van der Waals surface area contributed by atoms with Gasteiger partial charge in [-0.2, -0.15) is 0 Å². The second-order valence-electron chi connectivity index (χ2n) is 19.4. The zero-order chi connectivity index (χ0) is 53.5. The first-order valence-electron chi connectivity index (χ1n) is 23.7. The van der Waals surface area contributed by atoms with Crippen LogP contribution in [0, 0.1) is 12.7 Å². The standard InChI is InChI=1S/C51H58BFN6O13S2/c1-30-55-37(28-73-30)40(57-72-51(5,6)49(64)70-50(2,3)4)45(61)56-41-46(62)58-42(48(63)71-52)33(29-74(65)47(41)58)25-59(22-9-10-23-59)24-21-54-44(60)36-19-20-38(68-26-31-11-15-34(66-7)16-12-31)43(39(36)53)69-27-32-13-17-35(67-8)18-14-32/h11-20,28,41,47H,9-10,21-27,29H2,1-8H3,(H-,54,56,60,61)/p+1/b57-40-/t41-,47-,74?/m1/s1. The SMILES string of the molecule is [B]OC(=O)C1=C(C[N+]2(CCNC(=O)c3ccc(OCc4ccc(OC)cc4)c(OCc4ccc(OC)cc4)c3F)CCCC2)CS(=O)[C@@H]2[C@H](NC(=O)/C(=N\OC(C)(C)C(=O)OC(C)(C)C)c3csc(C)n3)C(=O)N12. The Balaban J connectivity index is 1.06. The number of oxime groups is 1. The largest absolute Gasteiger partial charge is 0.539 e. The van der Waals surface area contributed by atoms with Crippen molar-refractivity contribution in [2.75, 3.05) is 52.7 Å². The summed E-state index contributed by atoms with van der Waals surface area (Å²) < 4.78 is 63.7. The molecule has 2 fully saturated rings. The molecule has 2 radical (unpaired) electrons. The molecule has 3 atom stereocenters. The molecule has 1 aromatic heterocycles. The lowest BCUT2D eigenvalue weighted by atomic mass is 10.0. The molecule has 19 nitrogen and oxygen atoms in total. The molecular weight excluding hydrogens is 999 g/mol. The van der Waals surface area contributed by atoms with Crippen molar-refractivity contribution >= 4 is 65.6 Å². The summed E-state index contributed by atoms with van der Waals surface area (Å²) in [5.41, 5.74) is -1.38. The normalized spacial score (nSPS) is 18.4. The number of aryl methyl sites for hydroxylation is 1. The number of benzene rings is 3. The zero-order valence-electron chi connectivity index (χ0n) is 42.4. The van der Waals surface area contributed by atoms with Crippen LogP contribution in [0.3, 0.4) is 0 Å². The highest BCUT2D eigenvalue weighted by Crippen LogP contribution is 2.38. The van der Waals surface area contributed by atoms with Crippen molar-refractivity contribution in [3.8, 4) is 23.0 Å². The lowest BCUT2D eigenvalue weighted by Gasteiger charge is -2.50. The van der Waals surface area contributed by atoms with Gasteiger partial charge in [-0.25, -0.2) is 19.0 Å². The fraction of sp³-hybridized carbons (Fsp3) is 0.431. The topological polar surface area (TPSA) is 220 Å². The molecule has 2 saturated heterocycles.